The summed E-state index contributed by atoms with van der Waals surface area (Å²) in [5.41, 5.74) is 2.45. The van der Waals surface area contributed by atoms with Gasteiger partial charge >= 0.3 is 0 Å². The summed E-state index contributed by atoms with van der Waals surface area (Å²) in [6.07, 6.45) is 1.09. The van der Waals surface area contributed by atoms with Crippen molar-refractivity contribution in [1.29, 1.82) is 0 Å². The minimum absolute atomic E-state index is 0.172. The van der Waals surface area contributed by atoms with Crippen LogP contribution in [0.25, 0.3) is 22.4 Å². The Morgan fingerprint density at radius 2 is 2.14 bits per heavy atom. The van der Waals surface area contributed by atoms with Crippen molar-refractivity contribution in [3.63, 3.8) is 0 Å². The van der Waals surface area contributed by atoms with Crippen LogP contribution in [0, 0.1) is 0 Å². The van der Waals surface area contributed by atoms with Crippen LogP contribution in [0.15, 0.2) is 28.7 Å². The van der Waals surface area contributed by atoms with Gasteiger partial charge in [-0.05, 0) is 44.2 Å². The summed E-state index contributed by atoms with van der Waals surface area (Å²) in [5.74, 6) is 1.63. The summed E-state index contributed by atoms with van der Waals surface area (Å²) >= 11 is 7.51. The molecular weight excluding hydrogens is 306 g/mol. The fraction of sp³-hybridized carbons (Fsp3) is 0.333. The Balaban J connectivity index is 1.98. The second kappa shape index (κ2) is 6.13. The van der Waals surface area contributed by atoms with Crippen LogP contribution in [-0.2, 0) is 0 Å². The first-order valence-corrected chi connectivity index (χ1v) is 8.05. The van der Waals surface area contributed by atoms with Crippen molar-refractivity contribution < 1.29 is 4.42 Å². The molecule has 4 nitrogen and oxygen atoms in total. The summed E-state index contributed by atoms with van der Waals surface area (Å²) in [6, 6.07) is 7.81. The molecule has 3 aromatic rings. The van der Waals surface area contributed by atoms with E-state index < -0.39 is 0 Å². The monoisotopic (exact) mass is 321 g/mol. The second-order valence-electron chi connectivity index (χ2n) is 4.93. The quantitative estimate of drug-likeness (QED) is 0.742. The van der Waals surface area contributed by atoms with Gasteiger partial charge in [0, 0.05) is 0 Å². The molecule has 0 aliphatic heterocycles. The average Bonchev–Trinajstić information content (AvgIpc) is 3.13. The molecule has 6 heteroatoms. The van der Waals surface area contributed by atoms with Gasteiger partial charge in [-0.15, -0.1) is 0 Å². The fourth-order valence-electron chi connectivity index (χ4n) is 2.24. The van der Waals surface area contributed by atoms with E-state index in [1.807, 2.05) is 24.3 Å². The number of hydrogen-bond acceptors (Lipinski definition) is 5. The highest BCUT2D eigenvalue weighted by molar-refractivity contribution is 7.00. The minimum atomic E-state index is 0.172. The molecule has 0 radical (unpaired) electrons. The zero-order valence-electron chi connectivity index (χ0n) is 11.9. The number of fused-ring (bicyclic) bond motifs is 1. The van der Waals surface area contributed by atoms with Gasteiger partial charge < -0.3 is 9.73 Å². The van der Waals surface area contributed by atoms with Crippen molar-refractivity contribution in [2.75, 3.05) is 6.54 Å². The van der Waals surface area contributed by atoms with E-state index in [1.54, 1.807) is 0 Å². The molecule has 0 saturated heterocycles. The molecule has 0 aliphatic rings. The van der Waals surface area contributed by atoms with E-state index in [0.29, 0.717) is 5.02 Å². The lowest BCUT2D eigenvalue weighted by molar-refractivity contribution is 0.439. The lowest BCUT2D eigenvalue weighted by atomic mass is 10.1. The van der Waals surface area contributed by atoms with E-state index in [9.17, 15) is 0 Å². The van der Waals surface area contributed by atoms with Crippen LogP contribution in [0.4, 0.5) is 0 Å². The number of nitrogens with zero attached hydrogens (tertiary/aromatic N) is 2. The molecule has 0 saturated carbocycles. The number of benzene rings is 1. The standard InChI is InChI=1S/C15H16ClN3OS/c1-3-8-17-9(2)12-6-7-13(20-12)14-10(16)4-5-11-15(14)19-21-18-11/h4-7,9,17H,3,8H2,1-2H3. The first-order valence-electron chi connectivity index (χ1n) is 6.95. The first-order chi connectivity index (χ1) is 10.2. The Bertz CT molecular complexity index is 752. The molecule has 110 valence electrons. The molecule has 1 aromatic carbocycles. The van der Waals surface area contributed by atoms with Crippen molar-refractivity contribution in [2.24, 2.45) is 0 Å². The van der Waals surface area contributed by atoms with Crippen molar-refractivity contribution in [1.82, 2.24) is 14.1 Å². The summed E-state index contributed by atoms with van der Waals surface area (Å²) in [7, 11) is 0. The van der Waals surface area contributed by atoms with Crippen molar-refractivity contribution >= 4 is 34.4 Å². The van der Waals surface area contributed by atoms with Gasteiger partial charge in [0.15, 0.2) is 0 Å². The van der Waals surface area contributed by atoms with E-state index in [-0.39, 0.29) is 6.04 Å². The molecule has 0 fully saturated rings. The SMILES string of the molecule is CCCNC(C)c1ccc(-c2c(Cl)ccc3nsnc23)o1. The molecule has 0 aliphatic carbocycles. The first kappa shape index (κ1) is 14.5. The predicted octanol–water partition coefficient (Wildman–Crippen LogP) is 4.67. The van der Waals surface area contributed by atoms with E-state index in [1.165, 1.54) is 11.7 Å². The van der Waals surface area contributed by atoms with E-state index in [2.05, 4.69) is 27.9 Å². The maximum Gasteiger partial charge on any atom is 0.138 e. The third-order valence-corrected chi connectivity index (χ3v) is 4.24. The molecule has 1 N–H and O–H groups in total. The number of nitrogens with one attached hydrogen (secondary N) is 1. The zero-order chi connectivity index (χ0) is 14.8. The molecule has 2 aromatic heterocycles. The van der Waals surface area contributed by atoms with Crippen molar-refractivity contribution in [3.8, 4) is 11.3 Å². The molecule has 3 rings (SSSR count). The molecule has 2 heterocycles. The third-order valence-electron chi connectivity index (χ3n) is 3.38. The highest BCUT2D eigenvalue weighted by Gasteiger charge is 2.17. The van der Waals surface area contributed by atoms with Gasteiger partial charge in [0.05, 0.1) is 28.4 Å². The van der Waals surface area contributed by atoms with E-state index in [4.69, 9.17) is 16.0 Å². The highest BCUT2D eigenvalue weighted by Crippen LogP contribution is 2.36. The lowest BCUT2D eigenvalue weighted by Crippen LogP contribution is -2.18. The lowest BCUT2D eigenvalue weighted by Gasteiger charge is -2.10. The number of hydrogen-bond donors (Lipinski definition) is 1. The Morgan fingerprint density at radius 1 is 1.29 bits per heavy atom. The number of halogens is 1. The fourth-order valence-corrected chi connectivity index (χ4v) is 3.03. The van der Waals surface area contributed by atoms with Crippen LogP contribution >= 0.6 is 23.3 Å². The molecule has 21 heavy (non-hydrogen) atoms. The van der Waals surface area contributed by atoms with Gasteiger partial charge in [-0.2, -0.15) is 8.75 Å². The van der Waals surface area contributed by atoms with Crippen LogP contribution in [0.2, 0.25) is 5.02 Å². The molecule has 0 bridgehead atoms. The predicted molar refractivity (Wildman–Crippen MR) is 86.8 cm³/mol. The number of aromatic nitrogens is 2. The second-order valence-corrected chi connectivity index (χ2v) is 5.87. The van der Waals surface area contributed by atoms with E-state index >= 15 is 0 Å². The Labute approximate surface area is 132 Å². The van der Waals surface area contributed by atoms with Gasteiger partial charge in [0.1, 0.15) is 22.6 Å². The summed E-state index contributed by atoms with van der Waals surface area (Å²) in [4.78, 5) is 0. The summed E-state index contributed by atoms with van der Waals surface area (Å²) in [5, 5.41) is 4.04. The molecule has 0 amide bonds. The summed E-state index contributed by atoms with van der Waals surface area (Å²) in [6.45, 7) is 5.19. The Morgan fingerprint density at radius 3 is 2.95 bits per heavy atom. The van der Waals surface area contributed by atoms with Crippen LogP contribution in [0.1, 0.15) is 32.1 Å². The number of furan rings is 1. The average molecular weight is 322 g/mol. The van der Waals surface area contributed by atoms with Crippen LogP contribution in [0.5, 0.6) is 0 Å². The highest BCUT2D eigenvalue weighted by atomic mass is 35.5. The topological polar surface area (TPSA) is 51.0 Å². The molecule has 1 atom stereocenters. The molecule has 1 unspecified atom stereocenters. The maximum atomic E-state index is 6.33. The Kier molecular flexibility index (Phi) is 4.24. The molecular formula is C15H16ClN3OS. The van der Waals surface area contributed by atoms with Crippen molar-refractivity contribution in [3.05, 3.63) is 35.0 Å². The molecule has 0 spiro atoms. The largest absolute Gasteiger partial charge is 0.459 e. The third kappa shape index (κ3) is 2.81. The minimum Gasteiger partial charge on any atom is -0.459 e. The van der Waals surface area contributed by atoms with Crippen LogP contribution in [0.3, 0.4) is 0 Å². The van der Waals surface area contributed by atoms with Crippen LogP contribution < -0.4 is 5.32 Å². The number of rotatable bonds is 5. The van der Waals surface area contributed by atoms with Gasteiger partial charge in [-0.3, -0.25) is 0 Å². The van der Waals surface area contributed by atoms with E-state index in [0.717, 1.165) is 41.1 Å². The van der Waals surface area contributed by atoms with Gasteiger partial charge in [0.25, 0.3) is 0 Å². The maximum absolute atomic E-state index is 6.33. The van der Waals surface area contributed by atoms with Crippen LogP contribution in [-0.4, -0.2) is 15.3 Å². The zero-order valence-corrected chi connectivity index (χ0v) is 13.5. The van der Waals surface area contributed by atoms with Gasteiger partial charge in [-0.1, -0.05) is 18.5 Å². The smallest absolute Gasteiger partial charge is 0.138 e. The Hall–Kier alpha value is -1.43. The van der Waals surface area contributed by atoms with Gasteiger partial charge in [-0.25, -0.2) is 0 Å². The van der Waals surface area contributed by atoms with Gasteiger partial charge in [0.2, 0.25) is 0 Å². The normalized spacial score (nSPS) is 12.9. The summed E-state index contributed by atoms with van der Waals surface area (Å²) < 4.78 is 14.6. The van der Waals surface area contributed by atoms with Crippen molar-refractivity contribution in [2.45, 2.75) is 26.3 Å².